The molecule has 1 atom stereocenters. The van der Waals surface area contributed by atoms with Crippen LogP contribution in [-0.4, -0.2) is 30.5 Å². The van der Waals surface area contributed by atoms with Crippen LogP contribution in [0.2, 0.25) is 0 Å². The molecule has 0 radical (unpaired) electrons. The van der Waals surface area contributed by atoms with Crippen molar-refractivity contribution in [2.24, 2.45) is 5.92 Å². The molecule has 1 aromatic heterocycles. The minimum Gasteiger partial charge on any atom is -0.493 e. The Kier molecular flexibility index (Phi) is 4.73. The average molecular weight is 319 g/mol. The van der Waals surface area contributed by atoms with E-state index in [2.05, 4.69) is 0 Å². The van der Waals surface area contributed by atoms with Crippen LogP contribution in [0.3, 0.4) is 0 Å². The van der Waals surface area contributed by atoms with E-state index < -0.39 is 0 Å². The lowest BCUT2D eigenvalue weighted by molar-refractivity contribution is 0.0638. The Morgan fingerprint density at radius 2 is 2.14 bits per heavy atom. The van der Waals surface area contributed by atoms with Gasteiger partial charge in [0.2, 0.25) is 0 Å². The maximum Gasteiger partial charge on any atom is 0.263 e. The van der Waals surface area contributed by atoms with Crippen LogP contribution >= 0.6 is 11.3 Å². The summed E-state index contributed by atoms with van der Waals surface area (Å²) in [6.45, 7) is 2.08. The highest BCUT2D eigenvalue weighted by Gasteiger charge is 2.25. The predicted octanol–water partition coefficient (Wildman–Crippen LogP) is 3.82. The fourth-order valence-corrected chi connectivity index (χ4v) is 3.38. The molecule has 1 aromatic carbocycles. The summed E-state index contributed by atoms with van der Waals surface area (Å²) in [4.78, 5) is 15.1. The molecule has 0 aliphatic carbocycles. The normalized spacial score (nSPS) is 18.2. The van der Waals surface area contributed by atoms with E-state index in [9.17, 15) is 9.18 Å². The number of carbonyl (C=O) groups is 1. The Balaban J connectivity index is 1.54. The van der Waals surface area contributed by atoms with Gasteiger partial charge in [-0.2, -0.15) is 0 Å². The SMILES string of the molecule is O=C(c1cccs1)N1CCCC(COc2ccc(F)cc2)C1. The lowest BCUT2D eigenvalue weighted by Gasteiger charge is -2.32. The van der Waals surface area contributed by atoms with Crippen LogP contribution in [0, 0.1) is 11.7 Å². The molecule has 0 N–H and O–H groups in total. The Labute approximate surface area is 133 Å². The van der Waals surface area contributed by atoms with Gasteiger partial charge < -0.3 is 9.64 Å². The molecule has 1 saturated heterocycles. The summed E-state index contributed by atoms with van der Waals surface area (Å²) in [6.07, 6.45) is 2.05. The summed E-state index contributed by atoms with van der Waals surface area (Å²) in [6, 6.07) is 9.81. The van der Waals surface area contributed by atoms with Gasteiger partial charge in [-0.05, 0) is 48.6 Å². The van der Waals surface area contributed by atoms with Gasteiger partial charge in [-0.15, -0.1) is 11.3 Å². The lowest BCUT2D eigenvalue weighted by atomic mass is 9.99. The molecular weight excluding hydrogens is 301 g/mol. The maximum atomic E-state index is 12.9. The van der Waals surface area contributed by atoms with Gasteiger partial charge >= 0.3 is 0 Å². The third-order valence-corrected chi connectivity index (χ3v) is 4.70. The number of piperidine rings is 1. The van der Waals surface area contributed by atoms with E-state index in [1.54, 1.807) is 12.1 Å². The van der Waals surface area contributed by atoms with Gasteiger partial charge in [0.1, 0.15) is 11.6 Å². The van der Waals surface area contributed by atoms with Gasteiger partial charge in [-0.1, -0.05) is 6.07 Å². The highest BCUT2D eigenvalue weighted by molar-refractivity contribution is 7.12. The molecule has 1 fully saturated rings. The van der Waals surface area contributed by atoms with Crippen LogP contribution in [-0.2, 0) is 0 Å². The Bertz CT molecular complexity index is 612. The van der Waals surface area contributed by atoms with Crippen LogP contribution < -0.4 is 4.74 Å². The van der Waals surface area contributed by atoms with E-state index in [0.29, 0.717) is 18.3 Å². The smallest absolute Gasteiger partial charge is 0.263 e. The number of nitrogens with zero attached hydrogens (tertiary/aromatic N) is 1. The first-order valence-corrected chi connectivity index (χ1v) is 8.31. The van der Waals surface area contributed by atoms with E-state index in [-0.39, 0.29) is 11.7 Å². The minimum atomic E-state index is -0.266. The van der Waals surface area contributed by atoms with Crippen molar-refractivity contribution < 1.29 is 13.9 Å². The molecule has 1 aliphatic heterocycles. The molecule has 116 valence electrons. The largest absolute Gasteiger partial charge is 0.493 e. The summed E-state index contributed by atoms with van der Waals surface area (Å²) < 4.78 is 18.6. The number of likely N-dealkylation sites (tertiary alicyclic amines) is 1. The molecule has 0 saturated carbocycles. The quantitative estimate of drug-likeness (QED) is 0.857. The van der Waals surface area contributed by atoms with E-state index in [1.807, 2.05) is 22.4 Å². The molecule has 2 heterocycles. The molecule has 1 amide bonds. The first kappa shape index (κ1) is 15.0. The second-order valence-corrected chi connectivity index (χ2v) is 6.45. The van der Waals surface area contributed by atoms with Crippen molar-refractivity contribution in [1.82, 2.24) is 4.90 Å². The number of ether oxygens (including phenoxy) is 1. The van der Waals surface area contributed by atoms with Crippen molar-refractivity contribution in [3.63, 3.8) is 0 Å². The third-order valence-electron chi connectivity index (χ3n) is 3.84. The van der Waals surface area contributed by atoms with Crippen molar-refractivity contribution in [2.75, 3.05) is 19.7 Å². The fraction of sp³-hybridized carbons (Fsp3) is 0.353. The first-order valence-electron chi connectivity index (χ1n) is 7.43. The van der Waals surface area contributed by atoms with Gasteiger partial charge in [0.05, 0.1) is 11.5 Å². The molecule has 3 nitrogen and oxygen atoms in total. The molecule has 1 unspecified atom stereocenters. The Hall–Kier alpha value is -1.88. The van der Waals surface area contributed by atoms with Crippen molar-refractivity contribution in [2.45, 2.75) is 12.8 Å². The Morgan fingerprint density at radius 1 is 1.32 bits per heavy atom. The molecule has 1 aliphatic rings. The van der Waals surface area contributed by atoms with Crippen LogP contribution in [0.4, 0.5) is 4.39 Å². The zero-order chi connectivity index (χ0) is 15.4. The number of amides is 1. The molecule has 0 bridgehead atoms. The Morgan fingerprint density at radius 3 is 2.86 bits per heavy atom. The zero-order valence-electron chi connectivity index (χ0n) is 12.2. The van der Waals surface area contributed by atoms with Gasteiger partial charge in [-0.3, -0.25) is 4.79 Å². The number of thiophene rings is 1. The summed E-state index contributed by atoms with van der Waals surface area (Å²) in [5.74, 6) is 0.838. The van der Waals surface area contributed by atoms with Crippen LogP contribution in [0.25, 0.3) is 0 Å². The third kappa shape index (κ3) is 3.65. The maximum absolute atomic E-state index is 12.9. The van der Waals surface area contributed by atoms with Crippen LogP contribution in [0.5, 0.6) is 5.75 Å². The standard InChI is InChI=1S/C17H18FNO2S/c18-14-5-7-15(8-6-14)21-12-13-3-1-9-19(11-13)17(20)16-4-2-10-22-16/h2,4-8,10,13H,1,3,9,11-12H2. The number of carbonyl (C=O) groups excluding carboxylic acids is 1. The van der Waals surface area contributed by atoms with Crippen molar-refractivity contribution in [3.05, 3.63) is 52.5 Å². The number of rotatable bonds is 4. The predicted molar refractivity (Wildman–Crippen MR) is 84.8 cm³/mol. The second-order valence-electron chi connectivity index (χ2n) is 5.50. The van der Waals surface area contributed by atoms with Gasteiger partial charge in [0, 0.05) is 19.0 Å². The number of hydrogen-bond acceptors (Lipinski definition) is 3. The molecule has 2 aromatic rings. The first-order chi connectivity index (χ1) is 10.7. The van der Waals surface area contributed by atoms with E-state index in [0.717, 1.165) is 30.8 Å². The zero-order valence-corrected chi connectivity index (χ0v) is 13.0. The van der Waals surface area contributed by atoms with Gasteiger partial charge in [-0.25, -0.2) is 4.39 Å². The van der Waals surface area contributed by atoms with E-state index in [4.69, 9.17) is 4.74 Å². The molecule has 22 heavy (non-hydrogen) atoms. The van der Waals surface area contributed by atoms with E-state index >= 15 is 0 Å². The lowest BCUT2D eigenvalue weighted by Crippen LogP contribution is -2.41. The van der Waals surface area contributed by atoms with Crippen LogP contribution in [0.1, 0.15) is 22.5 Å². The average Bonchev–Trinajstić information content (AvgIpc) is 3.08. The number of hydrogen-bond donors (Lipinski definition) is 0. The molecule has 5 heteroatoms. The highest BCUT2D eigenvalue weighted by atomic mass is 32.1. The summed E-state index contributed by atoms with van der Waals surface area (Å²) in [5.41, 5.74) is 0. The van der Waals surface area contributed by atoms with Gasteiger partial charge in [0.15, 0.2) is 0 Å². The van der Waals surface area contributed by atoms with Crippen molar-refractivity contribution >= 4 is 17.2 Å². The highest BCUT2D eigenvalue weighted by Crippen LogP contribution is 2.22. The summed E-state index contributed by atoms with van der Waals surface area (Å²) >= 11 is 1.48. The van der Waals surface area contributed by atoms with Crippen molar-refractivity contribution in [3.8, 4) is 5.75 Å². The topological polar surface area (TPSA) is 29.5 Å². The van der Waals surface area contributed by atoms with Crippen LogP contribution in [0.15, 0.2) is 41.8 Å². The monoisotopic (exact) mass is 319 g/mol. The number of halogens is 1. The summed E-state index contributed by atoms with van der Waals surface area (Å²) in [5, 5.41) is 1.92. The minimum absolute atomic E-state index is 0.112. The van der Waals surface area contributed by atoms with Gasteiger partial charge in [0.25, 0.3) is 5.91 Å². The molecule has 3 rings (SSSR count). The molecule has 0 spiro atoms. The van der Waals surface area contributed by atoms with Crippen molar-refractivity contribution in [1.29, 1.82) is 0 Å². The van der Waals surface area contributed by atoms with E-state index in [1.165, 1.54) is 23.5 Å². The number of benzene rings is 1. The summed E-state index contributed by atoms with van der Waals surface area (Å²) in [7, 11) is 0. The molecular formula is C17H18FNO2S. The fourth-order valence-electron chi connectivity index (χ4n) is 2.69. The second kappa shape index (κ2) is 6.92.